The van der Waals surface area contributed by atoms with Crippen molar-refractivity contribution in [2.75, 3.05) is 5.75 Å². The summed E-state index contributed by atoms with van der Waals surface area (Å²) in [6.45, 7) is 1.94. The van der Waals surface area contributed by atoms with Gasteiger partial charge in [0.15, 0.2) is 4.34 Å². The van der Waals surface area contributed by atoms with Gasteiger partial charge >= 0.3 is 0 Å². The van der Waals surface area contributed by atoms with E-state index in [1.807, 2.05) is 6.92 Å². The zero-order valence-corrected chi connectivity index (χ0v) is 11.6. The van der Waals surface area contributed by atoms with Crippen LogP contribution >= 0.6 is 23.1 Å². The predicted molar refractivity (Wildman–Crippen MR) is 70.4 cm³/mol. The van der Waals surface area contributed by atoms with Gasteiger partial charge in [0.1, 0.15) is 5.01 Å². The molecule has 1 N–H and O–H groups in total. The Bertz CT molecular complexity index is 375. The number of aromatic nitrogens is 2. The number of hydrogen-bond acceptors (Lipinski definition) is 5. The molecule has 1 aromatic rings. The fourth-order valence-corrected chi connectivity index (χ4v) is 3.76. The molecule has 0 atom stereocenters. The van der Waals surface area contributed by atoms with Gasteiger partial charge in [0, 0.05) is 18.2 Å². The highest BCUT2D eigenvalue weighted by atomic mass is 32.2. The van der Waals surface area contributed by atoms with Gasteiger partial charge in [-0.2, -0.15) is 0 Å². The van der Waals surface area contributed by atoms with Crippen molar-refractivity contribution >= 4 is 29.0 Å². The van der Waals surface area contributed by atoms with Crippen molar-refractivity contribution in [2.24, 2.45) is 0 Å². The maximum atomic E-state index is 11.6. The number of carbonyl (C=O) groups is 1. The smallest absolute Gasteiger partial charge is 0.221 e. The molecule has 1 heterocycles. The quantitative estimate of drug-likeness (QED) is 0.835. The molecule has 0 radical (unpaired) electrons. The van der Waals surface area contributed by atoms with Gasteiger partial charge in [-0.1, -0.05) is 35.9 Å². The van der Waals surface area contributed by atoms with Crippen LogP contribution in [0.4, 0.5) is 0 Å². The lowest BCUT2D eigenvalue weighted by Crippen LogP contribution is -2.32. The van der Waals surface area contributed by atoms with Crippen molar-refractivity contribution in [3.63, 3.8) is 0 Å². The van der Waals surface area contributed by atoms with E-state index in [2.05, 4.69) is 15.5 Å². The second kappa shape index (κ2) is 6.35. The molecular formula is C11H17N3OS2. The summed E-state index contributed by atoms with van der Waals surface area (Å²) in [5.74, 6) is 0.957. The molecule has 1 amide bonds. The fourth-order valence-electron chi connectivity index (χ4n) is 1.94. The normalized spacial score (nSPS) is 16.3. The van der Waals surface area contributed by atoms with E-state index in [-0.39, 0.29) is 5.91 Å². The maximum Gasteiger partial charge on any atom is 0.221 e. The predicted octanol–water partition coefficient (Wildman–Crippen LogP) is 2.39. The van der Waals surface area contributed by atoms with E-state index >= 15 is 0 Å². The first-order valence-corrected chi connectivity index (χ1v) is 7.76. The molecule has 2 rings (SSSR count). The summed E-state index contributed by atoms with van der Waals surface area (Å²) in [4.78, 5) is 11.6. The minimum absolute atomic E-state index is 0.172. The SMILES string of the molecule is Cc1nnc(SCCC(=O)NC2CCCC2)s1. The summed E-state index contributed by atoms with van der Waals surface area (Å²) in [5.41, 5.74) is 0. The first-order chi connectivity index (χ1) is 8.24. The fraction of sp³-hybridized carbons (Fsp3) is 0.727. The molecule has 1 saturated carbocycles. The summed E-state index contributed by atoms with van der Waals surface area (Å²) in [7, 11) is 0. The highest BCUT2D eigenvalue weighted by molar-refractivity contribution is 8.01. The number of thioether (sulfide) groups is 1. The monoisotopic (exact) mass is 271 g/mol. The molecule has 1 aromatic heterocycles. The Labute approximate surface area is 110 Å². The van der Waals surface area contributed by atoms with E-state index in [4.69, 9.17) is 0 Å². The molecule has 1 aliphatic carbocycles. The topological polar surface area (TPSA) is 54.9 Å². The molecule has 1 fully saturated rings. The van der Waals surface area contributed by atoms with Crippen LogP contribution in [-0.4, -0.2) is 27.9 Å². The van der Waals surface area contributed by atoms with E-state index in [9.17, 15) is 4.79 Å². The van der Waals surface area contributed by atoms with E-state index < -0.39 is 0 Å². The third-order valence-electron chi connectivity index (χ3n) is 2.78. The van der Waals surface area contributed by atoms with Gasteiger partial charge in [-0.15, -0.1) is 10.2 Å². The van der Waals surface area contributed by atoms with Crippen LogP contribution in [-0.2, 0) is 4.79 Å². The van der Waals surface area contributed by atoms with E-state index in [0.717, 1.165) is 27.9 Å². The lowest BCUT2D eigenvalue weighted by Gasteiger charge is -2.10. The number of rotatable bonds is 5. The number of carbonyl (C=O) groups excluding carboxylic acids is 1. The number of nitrogens with zero attached hydrogens (tertiary/aromatic N) is 2. The first-order valence-electron chi connectivity index (χ1n) is 5.96. The molecule has 4 nitrogen and oxygen atoms in total. The van der Waals surface area contributed by atoms with Crippen LogP contribution < -0.4 is 5.32 Å². The van der Waals surface area contributed by atoms with Crippen LogP contribution in [0.15, 0.2) is 4.34 Å². The van der Waals surface area contributed by atoms with Crippen molar-refractivity contribution in [3.05, 3.63) is 5.01 Å². The number of hydrogen-bond donors (Lipinski definition) is 1. The molecule has 1 aliphatic rings. The minimum Gasteiger partial charge on any atom is -0.353 e. The standard InChI is InChI=1S/C11H17N3OS2/c1-8-13-14-11(17-8)16-7-6-10(15)12-9-4-2-3-5-9/h9H,2-7H2,1H3,(H,12,15). The first kappa shape index (κ1) is 12.8. The molecule has 6 heteroatoms. The summed E-state index contributed by atoms with van der Waals surface area (Å²) in [5, 5.41) is 12.0. The summed E-state index contributed by atoms with van der Waals surface area (Å²) >= 11 is 3.19. The Hall–Kier alpha value is -0.620. The molecule has 0 unspecified atom stereocenters. The van der Waals surface area contributed by atoms with Crippen LogP contribution in [0.3, 0.4) is 0 Å². The highest BCUT2D eigenvalue weighted by Crippen LogP contribution is 2.22. The Morgan fingerprint density at radius 3 is 2.88 bits per heavy atom. The zero-order valence-electron chi connectivity index (χ0n) is 9.94. The molecule has 0 spiro atoms. The molecule has 0 bridgehead atoms. The third-order valence-corrected chi connectivity index (χ3v) is 4.76. The van der Waals surface area contributed by atoms with Crippen LogP contribution in [0.1, 0.15) is 37.1 Å². The Morgan fingerprint density at radius 2 is 2.24 bits per heavy atom. The number of aryl methyl sites for hydroxylation is 1. The Kier molecular flexibility index (Phi) is 4.79. The summed E-state index contributed by atoms with van der Waals surface area (Å²) < 4.78 is 0.955. The highest BCUT2D eigenvalue weighted by Gasteiger charge is 2.16. The van der Waals surface area contributed by atoms with Gasteiger partial charge in [0.25, 0.3) is 0 Å². The van der Waals surface area contributed by atoms with E-state index in [1.165, 1.54) is 12.8 Å². The zero-order chi connectivity index (χ0) is 12.1. The molecule has 17 heavy (non-hydrogen) atoms. The van der Waals surface area contributed by atoms with Crippen LogP contribution in [0.25, 0.3) is 0 Å². The molecule has 0 saturated heterocycles. The Balaban J connectivity index is 1.62. The van der Waals surface area contributed by atoms with Gasteiger partial charge in [0.05, 0.1) is 0 Å². The van der Waals surface area contributed by atoms with Gasteiger partial charge in [-0.25, -0.2) is 0 Å². The van der Waals surface area contributed by atoms with Crippen molar-refractivity contribution in [1.29, 1.82) is 0 Å². The van der Waals surface area contributed by atoms with Gasteiger partial charge in [-0.05, 0) is 19.8 Å². The molecule has 0 aliphatic heterocycles. The second-order valence-electron chi connectivity index (χ2n) is 4.23. The third kappa shape index (κ3) is 4.27. The van der Waals surface area contributed by atoms with Crippen molar-refractivity contribution in [1.82, 2.24) is 15.5 Å². The maximum absolute atomic E-state index is 11.6. The largest absolute Gasteiger partial charge is 0.353 e. The Morgan fingerprint density at radius 1 is 1.47 bits per heavy atom. The van der Waals surface area contributed by atoms with Crippen molar-refractivity contribution in [2.45, 2.75) is 49.4 Å². The van der Waals surface area contributed by atoms with Crippen LogP contribution in [0.2, 0.25) is 0 Å². The summed E-state index contributed by atoms with van der Waals surface area (Å²) in [6, 6.07) is 0.427. The molecular weight excluding hydrogens is 254 g/mol. The average Bonchev–Trinajstić information content (AvgIpc) is 2.90. The van der Waals surface area contributed by atoms with E-state index in [0.29, 0.717) is 12.5 Å². The van der Waals surface area contributed by atoms with Crippen molar-refractivity contribution < 1.29 is 4.79 Å². The average molecular weight is 271 g/mol. The van der Waals surface area contributed by atoms with Crippen molar-refractivity contribution in [3.8, 4) is 0 Å². The van der Waals surface area contributed by atoms with Crippen LogP contribution in [0, 0.1) is 6.92 Å². The minimum atomic E-state index is 0.172. The lowest BCUT2D eigenvalue weighted by atomic mass is 10.2. The number of amides is 1. The molecule has 0 aromatic carbocycles. The number of nitrogens with one attached hydrogen (secondary N) is 1. The van der Waals surface area contributed by atoms with Gasteiger partial charge in [-0.3, -0.25) is 4.79 Å². The summed E-state index contributed by atoms with van der Waals surface area (Å²) in [6.07, 6.45) is 5.37. The lowest BCUT2D eigenvalue weighted by molar-refractivity contribution is -0.121. The second-order valence-corrected chi connectivity index (χ2v) is 6.76. The van der Waals surface area contributed by atoms with E-state index in [1.54, 1.807) is 23.1 Å². The van der Waals surface area contributed by atoms with Crippen LogP contribution in [0.5, 0.6) is 0 Å². The molecule has 94 valence electrons. The van der Waals surface area contributed by atoms with Gasteiger partial charge < -0.3 is 5.32 Å². The van der Waals surface area contributed by atoms with Gasteiger partial charge in [0.2, 0.25) is 5.91 Å².